The summed E-state index contributed by atoms with van der Waals surface area (Å²) in [6, 6.07) is -4.17. The molecule has 0 aliphatic carbocycles. The highest BCUT2D eigenvalue weighted by atomic mass is 16.5. The van der Waals surface area contributed by atoms with Crippen molar-refractivity contribution in [3.8, 4) is 0 Å². The zero-order valence-corrected chi connectivity index (χ0v) is 44.3. The molecule has 0 bridgehead atoms. The number of carboxylic acid groups (broad SMARTS) is 9. The highest BCUT2D eigenvalue weighted by molar-refractivity contribution is 5.80. The number of hydrogen-bond acceptors (Lipinski definition) is 19. The number of nitrogens with one attached hydrogen (secondary N) is 4. The van der Waals surface area contributed by atoms with Gasteiger partial charge in [-0.05, 0) is 78.6 Å². The maximum atomic E-state index is 12.7. The van der Waals surface area contributed by atoms with E-state index in [1.54, 1.807) is 0 Å². The molecular formula is C47H79N7O24. The Morgan fingerprint density at radius 2 is 0.615 bits per heavy atom. The molecular weight excluding hydrogens is 1050 g/mol. The van der Waals surface area contributed by atoms with Gasteiger partial charge in [0.25, 0.3) is 0 Å². The second kappa shape index (κ2) is 38.8. The highest BCUT2D eigenvalue weighted by Gasteiger charge is 2.36. The minimum Gasteiger partial charge on any atom is -0.480 e. The average Bonchev–Trinajstić information content (AvgIpc) is 3.29. The van der Waals surface area contributed by atoms with E-state index in [-0.39, 0.29) is 136 Å². The Morgan fingerprint density at radius 1 is 0.385 bits per heavy atom. The molecule has 0 aromatic heterocycles. The van der Waals surface area contributed by atoms with Gasteiger partial charge in [-0.3, -0.25) is 72.2 Å². The second-order valence-electron chi connectivity index (χ2n) is 19.2. The summed E-state index contributed by atoms with van der Waals surface area (Å²) in [6.45, 7) is 0.340. The van der Waals surface area contributed by atoms with Gasteiger partial charge in [0.15, 0.2) is 0 Å². The molecule has 31 heteroatoms. The molecule has 0 aromatic rings. The fourth-order valence-electron chi connectivity index (χ4n) is 7.92. The smallest absolute Gasteiger partial charge is 0.320 e. The summed E-state index contributed by atoms with van der Waals surface area (Å²) < 4.78 is 17.9. The van der Waals surface area contributed by atoms with Crippen molar-refractivity contribution in [1.82, 2.24) is 36.0 Å². The fourth-order valence-corrected chi connectivity index (χ4v) is 7.92. The second-order valence-corrected chi connectivity index (χ2v) is 19.2. The third-order valence-electron chi connectivity index (χ3n) is 11.1. The van der Waals surface area contributed by atoms with Gasteiger partial charge in [0.2, 0.25) is 17.7 Å². The standard InChI is InChI=1S/C47H79N7O24/c1-46(2,3)51-47(28-76-19-13-34(55)48-16-7-4-10-31(43(70)71)52(22-37(58)59)23-38(60)61,29-77-20-14-35(56)49-17-8-5-11-32(44(72)73)53(24-39(62)63)25-40(64)65)30-78-21-15-36(57)50-18-9-6-12-33(45(74)75)54(26-41(66)67)27-42(68)69/h31-33,51H,4-30H2,1-3H3,(H,48,55)(H,49,56)(H,50,57)(H,58,59)(H,60,61)(H,62,63)(H,64,65)(H,66,67)(H,68,69)(H,70,71)(H,72,73)(H,74,75). The predicted octanol–water partition coefficient (Wildman–Crippen LogP) is -2.03. The first-order valence-electron chi connectivity index (χ1n) is 25.0. The number of carbonyl (C=O) groups excluding carboxylic acids is 3. The van der Waals surface area contributed by atoms with Gasteiger partial charge in [-0.15, -0.1) is 0 Å². The maximum absolute atomic E-state index is 12.7. The van der Waals surface area contributed by atoms with Crippen LogP contribution in [-0.4, -0.2) is 260 Å². The summed E-state index contributed by atoms with van der Waals surface area (Å²) in [5, 5.41) is 95.0. The molecule has 3 amide bonds. The lowest BCUT2D eigenvalue weighted by molar-refractivity contribution is -0.152. The number of carboxylic acids is 9. The van der Waals surface area contributed by atoms with Crippen molar-refractivity contribution in [3.63, 3.8) is 0 Å². The van der Waals surface area contributed by atoms with Crippen LogP contribution >= 0.6 is 0 Å². The molecule has 0 radical (unpaired) electrons. The molecule has 0 aliphatic heterocycles. The quantitative estimate of drug-likeness (QED) is 0.0292. The van der Waals surface area contributed by atoms with Crippen LogP contribution in [0.15, 0.2) is 0 Å². The average molecular weight is 1130 g/mol. The topological polar surface area (TPSA) is 472 Å². The first kappa shape index (κ1) is 71.4. The Kier molecular flexibility index (Phi) is 35.5. The number of hydrogen-bond donors (Lipinski definition) is 13. The summed E-state index contributed by atoms with van der Waals surface area (Å²) in [5.74, 6) is -13.9. The van der Waals surface area contributed by atoms with E-state index < -0.39 is 140 Å². The molecule has 0 rings (SSSR count). The lowest BCUT2D eigenvalue weighted by atomic mass is 9.97. The van der Waals surface area contributed by atoms with Crippen molar-refractivity contribution in [1.29, 1.82) is 0 Å². The summed E-state index contributed by atoms with van der Waals surface area (Å²) in [4.78, 5) is 143. The van der Waals surface area contributed by atoms with Crippen LogP contribution in [0.3, 0.4) is 0 Å². The van der Waals surface area contributed by atoms with Gasteiger partial charge in [0.05, 0.1) is 84.4 Å². The van der Waals surface area contributed by atoms with Crippen LogP contribution in [-0.2, 0) is 71.7 Å². The molecule has 0 aromatic carbocycles. The van der Waals surface area contributed by atoms with E-state index in [0.717, 1.165) is 14.7 Å². The Hall–Kier alpha value is -6.64. The van der Waals surface area contributed by atoms with Crippen molar-refractivity contribution in [2.45, 2.75) is 127 Å². The third kappa shape index (κ3) is 35.6. The largest absolute Gasteiger partial charge is 0.480 e. The van der Waals surface area contributed by atoms with E-state index in [1.807, 2.05) is 20.8 Å². The molecule has 13 N–H and O–H groups in total. The van der Waals surface area contributed by atoms with Gasteiger partial charge in [-0.1, -0.05) is 0 Å². The van der Waals surface area contributed by atoms with Crippen molar-refractivity contribution >= 4 is 71.4 Å². The summed E-state index contributed by atoms with van der Waals surface area (Å²) in [6.07, 6.45) is 0.829. The Balaban J connectivity index is 5.67. The van der Waals surface area contributed by atoms with Crippen LogP contribution in [0.2, 0.25) is 0 Å². The molecule has 0 fully saturated rings. The first-order valence-corrected chi connectivity index (χ1v) is 25.0. The highest BCUT2D eigenvalue weighted by Crippen LogP contribution is 2.17. The van der Waals surface area contributed by atoms with E-state index in [4.69, 9.17) is 44.8 Å². The lowest BCUT2D eigenvalue weighted by Gasteiger charge is -2.40. The molecule has 78 heavy (non-hydrogen) atoms. The first-order chi connectivity index (χ1) is 36.5. The predicted molar refractivity (Wildman–Crippen MR) is 267 cm³/mol. The van der Waals surface area contributed by atoms with Crippen molar-refractivity contribution in [2.24, 2.45) is 0 Å². The summed E-state index contributed by atoms with van der Waals surface area (Å²) in [5.41, 5.74) is -1.79. The van der Waals surface area contributed by atoms with Crippen LogP contribution in [0.5, 0.6) is 0 Å². The minimum absolute atomic E-state index is 0.0857. The summed E-state index contributed by atoms with van der Waals surface area (Å²) >= 11 is 0. The number of aliphatic carboxylic acids is 9. The Labute approximate surface area is 449 Å². The normalized spacial score (nSPS) is 13.5. The van der Waals surface area contributed by atoms with Crippen molar-refractivity contribution in [2.75, 3.05) is 98.5 Å². The van der Waals surface area contributed by atoms with Crippen molar-refractivity contribution in [3.05, 3.63) is 0 Å². The third-order valence-corrected chi connectivity index (χ3v) is 11.1. The van der Waals surface area contributed by atoms with Crippen LogP contribution in [0.1, 0.15) is 97.8 Å². The molecule has 0 heterocycles. The zero-order valence-electron chi connectivity index (χ0n) is 44.3. The number of carbonyl (C=O) groups is 12. The van der Waals surface area contributed by atoms with Gasteiger partial charge >= 0.3 is 53.7 Å². The van der Waals surface area contributed by atoms with Crippen LogP contribution in [0.25, 0.3) is 0 Å². The molecule has 0 spiro atoms. The number of rotatable bonds is 49. The van der Waals surface area contributed by atoms with Gasteiger partial charge in [-0.25, -0.2) is 0 Å². The van der Waals surface area contributed by atoms with Gasteiger partial charge in [0.1, 0.15) is 18.1 Å². The monoisotopic (exact) mass is 1130 g/mol. The van der Waals surface area contributed by atoms with E-state index in [0.29, 0.717) is 0 Å². The van der Waals surface area contributed by atoms with E-state index >= 15 is 0 Å². The lowest BCUT2D eigenvalue weighted by Crippen LogP contribution is -2.62. The van der Waals surface area contributed by atoms with E-state index in [2.05, 4.69) is 21.3 Å². The van der Waals surface area contributed by atoms with Gasteiger partial charge in [0, 0.05) is 44.4 Å². The fraction of sp³-hybridized carbons (Fsp3) is 0.745. The zero-order chi connectivity index (χ0) is 59.4. The van der Waals surface area contributed by atoms with Gasteiger partial charge in [-0.2, -0.15) is 0 Å². The molecule has 0 aliphatic rings. The van der Waals surface area contributed by atoms with Crippen LogP contribution in [0.4, 0.5) is 0 Å². The van der Waals surface area contributed by atoms with Crippen molar-refractivity contribution < 1.29 is 118 Å². The molecule has 3 unspecified atom stereocenters. The molecule has 0 saturated heterocycles. The van der Waals surface area contributed by atoms with E-state index in [1.165, 1.54) is 0 Å². The Morgan fingerprint density at radius 3 is 0.808 bits per heavy atom. The minimum atomic E-state index is -1.40. The Bertz CT molecular complexity index is 1720. The SMILES string of the molecule is CC(C)(C)NC(COCCC(=O)NCCCCC(C(=O)O)N(CC(=O)O)CC(=O)O)(COCCC(=O)NCCCCC(C(=O)O)N(CC(=O)O)CC(=O)O)COCCC(=O)NCCCCC(C(=O)O)N(CC(=O)O)CC(=O)O. The molecule has 31 nitrogen and oxygen atoms in total. The maximum Gasteiger partial charge on any atom is 0.320 e. The molecule has 446 valence electrons. The number of unbranched alkanes of at least 4 members (excludes halogenated alkanes) is 3. The summed E-state index contributed by atoms with van der Waals surface area (Å²) in [7, 11) is 0. The number of ether oxygens (including phenoxy) is 3. The van der Waals surface area contributed by atoms with Crippen LogP contribution < -0.4 is 21.3 Å². The molecule has 0 saturated carbocycles. The van der Waals surface area contributed by atoms with Crippen LogP contribution in [0, 0.1) is 0 Å². The van der Waals surface area contributed by atoms with E-state index in [9.17, 15) is 72.9 Å². The number of nitrogens with zero attached hydrogens (tertiary/aromatic N) is 3. The molecule has 3 atom stereocenters. The number of amides is 3. The van der Waals surface area contributed by atoms with Gasteiger partial charge < -0.3 is 81.4 Å².